The third kappa shape index (κ3) is 2.77. The molecule has 2 aromatic heterocycles. The Morgan fingerprint density at radius 2 is 2.40 bits per heavy atom. The van der Waals surface area contributed by atoms with Crippen molar-refractivity contribution >= 4 is 34.7 Å². The minimum Gasteiger partial charge on any atom is -0.326 e. The van der Waals surface area contributed by atoms with E-state index in [1.54, 1.807) is 23.1 Å². The lowest BCUT2D eigenvalue weighted by atomic mass is 10.5. The molecule has 0 saturated heterocycles. The fourth-order valence-corrected chi connectivity index (χ4v) is 3.40. The van der Waals surface area contributed by atoms with Crippen LogP contribution in [0.25, 0.3) is 0 Å². The topological polar surface area (TPSA) is 17.8 Å². The summed E-state index contributed by atoms with van der Waals surface area (Å²) in [5, 5.41) is 1.07. The minimum absolute atomic E-state index is 0.851. The van der Waals surface area contributed by atoms with Gasteiger partial charge in [0.05, 0.1) is 4.34 Å². The first kappa shape index (κ1) is 11.0. The van der Waals surface area contributed by atoms with Crippen molar-refractivity contribution in [3.8, 4) is 0 Å². The average Bonchev–Trinajstić information content (AvgIpc) is 2.83. The van der Waals surface area contributed by atoms with Crippen molar-refractivity contribution in [2.75, 3.05) is 0 Å². The molecule has 0 spiro atoms. The van der Waals surface area contributed by atoms with Gasteiger partial charge >= 0.3 is 0 Å². The summed E-state index contributed by atoms with van der Waals surface area (Å²) in [7, 11) is 0. The van der Waals surface area contributed by atoms with Crippen LogP contribution in [0.5, 0.6) is 0 Å². The molecule has 2 aromatic rings. The highest BCUT2D eigenvalue weighted by Gasteiger charge is 2.04. The molecular formula is C10H11ClN2S2. The Labute approximate surface area is 102 Å². The molecule has 0 aliphatic carbocycles. The summed E-state index contributed by atoms with van der Waals surface area (Å²) in [5.41, 5.74) is 0. The number of thiophene rings is 1. The molecule has 15 heavy (non-hydrogen) atoms. The largest absolute Gasteiger partial charge is 0.326 e. The maximum Gasteiger partial charge on any atom is 0.168 e. The smallest absolute Gasteiger partial charge is 0.168 e. The van der Waals surface area contributed by atoms with Crippen molar-refractivity contribution in [1.82, 2.24) is 9.55 Å². The maximum absolute atomic E-state index is 5.87. The number of rotatable bonds is 4. The summed E-state index contributed by atoms with van der Waals surface area (Å²) in [5.74, 6) is 0.939. The number of halogens is 1. The van der Waals surface area contributed by atoms with E-state index in [0.29, 0.717) is 0 Å². The molecule has 0 aliphatic rings. The van der Waals surface area contributed by atoms with Crippen LogP contribution in [-0.4, -0.2) is 9.55 Å². The first-order chi connectivity index (χ1) is 7.29. The van der Waals surface area contributed by atoms with E-state index in [-0.39, 0.29) is 0 Å². The second kappa shape index (κ2) is 5.05. The molecule has 5 heteroatoms. The van der Waals surface area contributed by atoms with Crippen LogP contribution in [0, 0.1) is 0 Å². The second-order valence-corrected chi connectivity index (χ2v) is 5.73. The number of hydrogen-bond donors (Lipinski definition) is 0. The molecule has 0 fully saturated rings. The Morgan fingerprint density at radius 3 is 3.07 bits per heavy atom. The van der Waals surface area contributed by atoms with Gasteiger partial charge < -0.3 is 4.57 Å². The van der Waals surface area contributed by atoms with E-state index in [4.69, 9.17) is 11.6 Å². The highest BCUT2D eigenvalue weighted by atomic mass is 35.5. The van der Waals surface area contributed by atoms with E-state index in [1.165, 1.54) is 4.88 Å². The third-order valence-corrected chi connectivity index (χ3v) is 4.46. The molecule has 0 aliphatic heterocycles. The van der Waals surface area contributed by atoms with Gasteiger partial charge in [-0.15, -0.1) is 11.3 Å². The van der Waals surface area contributed by atoms with Crippen molar-refractivity contribution in [2.24, 2.45) is 0 Å². The van der Waals surface area contributed by atoms with Crippen molar-refractivity contribution < 1.29 is 0 Å². The lowest BCUT2D eigenvalue weighted by Gasteiger charge is -2.02. The fraction of sp³-hybridized carbons (Fsp3) is 0.300. The minimum atomic E-state index is 0.851. The predicted octanol–water partition coefficient (Wildman–Crippen LogP) is 3.91. The molecule has 2 rings (SSSR count). The molecule has 0 amide bonds. The van der Waals surface area contributed by atoms with Crippen LogP contribution in [0.4, 0.5) is 0 Å². The van der Waals surface area contributed by atoms with Crippen LogP contribution < -0.4 is 0 Å². The van der Waals surface area contributed by atoms with Crippen LogP contribution in [0.1, 0.15) is 11.8 Å². The van der Waals surface area contributed by atoms with Crippen LogP contribution in [0.3, 0.4) is 0 Å². The molecule has 0 N–H and O–H groups in total. The Hall–Kier alpha value is -0.450. The number of imidazole rings is 1. The van der Waals surface area contributed by atoms with E-state index >= 15 is 0 Å². The van der Waals surface area contributed by atoms with Crippen molar-refractivity contribution in [3.05, 3.63) is 33.7 Å². The molecule has 0 atom stereocenters. The van der Waals surface area contributed by atoms with Crippen molar-refractivity contribution in [1.29, 1.82) is 0 Å². The fourth-order valence-electron chi connectivity index (χ4n) is 1.24. The van der Waals surface area contributed by atoms with Crippen LogP contribution >= 0.6 is 34.7 Å². The van der Waals surface area contributed by atoms with E-state index in [2.05, 4.69) is 22.5 Å². The van der Waals surface area contributed by atoms with Gasteiger partial charge in [0, 0.05) is 29.6 Å². The summed E-state index contributed by atoms with van der Waals surface area (Å²) in [6.45, 7) is 3.08. The molecule has 80 valence electrons. The summed E-state index contributed by atoms with van der Waals surface area (Å²) in [4.78, 5) is 5.59. The second-order valence-electron chi connectivity index (χ2n) is 2.99. The monoisotopic (exact) mass is 258 g/mol. The number of hydrogen-bond acceptors (Lipinski definition) is 3. The number of aryl methyl sites for hydroxylation is 1. The Morgan fingerprint density at radius 1 is 1.53 bits per heavy atom. The number of nitrogens with zero attached hydrogens (tertiary/aromatic N) is 2. The number of aromatic nitrogens is 2. The zero-order valence-electron chi connectivity index (χ0n) is 8.31. The Kier molecular flexibility index (Phi) is 3.72. The van der Waals surface area contributed by atoms with Crippen LogP contribution in [0.2, 0.25) is 4.34 Å². The zero-order chi connectivity index (χ0) is 10.7. The molecular weight excluding hydrogens is 248 g/mol. The maximum atomic E-state index is 5.87. The first-order valence-corrected chi connectivity index (χ1v) is 6.85. The predicted molar refractivity (Wildman–Crippen MR) is 66.8 cm³/mol. The van der Waals surface area contributed by atoms with Gasteiger partial charge in [-0.1, -0.05) is 23.4 Å². The van der Waals surface area contributed by atoms with Gasteiger partial charge in [0.1, 0.15) is 0 Å². The summed E-state index contributed by atoms with van der Waals surface area (Å²) < 4.78 is 2.99. The van der Waals surface area contributed by atoms with Gasteiger partial charge in [-0.25, -0.2) is 4.98 Å². The van der Waals surface area contributed by atoms with Gasteiger partial charge in [0.2, 0.25) is 0 Å². The van der Waals surface area contributed by atoms with E-state index in [1.807, 2.05) is 18.5 Å². The summed E-state index contributed by atoms with van der Waals surface area (Å²) in [6, 6.07) is 4.01. The highest BCUT2D eigenvalue weighted by molar-refractivity contribution is 7.98. The Bertz CT molecular complexity index is 436. The molecule has 0 aromatic carbocycles. The summed E-state index contributed by atoms with van der Waals surface area (Å²) in [6.07, 6.45) is 3.84. The van der Waals surface area contributed by atoms with Crippen molar-refractivity contribution in [3.63, 3.8) is 0 Å². The van der Waals surface area contributed by atoms with Gasteiger partial charge in [0.15, 0.2) is 5.16 Å². The lowest BCUT2D eigenvalue weighted by Crippen LogP contribution is -1.94. The third-order valence-electron chi connectivity index (χ3n) is 1.99. The van der Waals surface area contributed by atoms with Crippen LogP contribution in [0.15, 0.2) is 29.7 Å². The molecule has 2 nitrogen and oxygen atoms in total. The molecule has 0 unspecified atom stereocenters. The molecule has 0 radical (unpaired) electrons. The van der Waals surface area contributed by atoms with E-state index in [0.717, 1.165) is 21.8 Å². The molecule has 0 saturated carbocycles. The normalized spacial score (nSPS) is 10.8. The average molecular weight is 259 g/mol. The van der Waals surface area contributed by atoms with E-state index in [9.17, 15) is 0 Å². The first-order valence-electron chi connectivity index (χ1n) is 4.67. The van der Waals surface area contributed by atoms with Gasteiger partial charge in [-0.2, -0.15) is 0 Å². The zero-order valence-corrected chi connectivity index (χ0v) is 10.7. The molecule has 2 heterocycles. The summed E-state index contributed by atoms with van der Waals surface area (Å²) >= 11 is 9.25. The number of thioether (sulfide) groups is 1. The van der Waals surface area contributed by atoms with E-state index < -0.39 is 0 Å². The SMILES string of the molecule is CCn1ccnc1SCc1ccc(Cl)s1. The van der Waals surface area contributed by atoms with Gasteiger partial charge in [-0.05, 0) is 19.1 Å². The molecule has 0 bridgehead atoms. The van der Waals surface area contributed by atoms with Gasteiger partial charge in [0.25, 0.3) is 0 Å². The standard InChI is InChI=1S/C10H11ClN2S2/c1-2-13-6-5-12-10(13)14-7-8-3-4-9(11)15-8/h3-6H,2,7H2,1H3. The Balaban J connectivity index is 1.98. The van der Waals surface area contributed by atoms with Gasteiger partial charge in [-0.3, -0.25) is 0 Å². The van der Waals surface area contributed by atoms with Crippen LogP contribution in [-0.2, 0) is 12.3 Å². The lowest BCUT2D eigenvalue weighted by molar-refractivity contribution is 0.681. The van der Waals surface area contributed by atoms with Crippen molar-refractivity contribution in [2.45, 2.75) is 24.4 Å². The quantitative estimate of drug-likeness (QED) is 0.774. The highest BCUT2D eigenvalue weighted by Crippen LogP contribution is 2.28.